The molecule has 176 valence electrons. The van der Waals surface area contributed by atoms with Crippen molar-refractivity contribution in [2.45, 2.75) is 13.5 Å². The fraction of sp³-hybridized carbons (Fsp3) is 0.455. The molecule has 2 aromatic rings. The second-order valence-corrected chi connectivity index (χ2v) is 9.79. The van der Waals surface area contributed by atoms with Crippen molar-refractivity contribution in [1.82, 2.24) is 19.5 Å². The number of piperazine rings is 1. The number of anilines is 1. The molecule has 0 radical (unpaired) electrons. The Morgan fingerprint density at radius 3 is 2.41 bits per heavy atom. The Bertz CT molecular complexity index is 962. The number of halogens is 1. The minimum absolute atomic E-state index is 0. The van der Waals surface area contributed by atoms with Crippen molar-refractivity contribution in [3.63, 3.8) is 0 Å². The number of aliphatic imine (C=N–C) groups is 1. The van der Waals surface area contributed by atoms with E-state index < -0.39 is 10.0 Å². The highest BCUT2D eigenvalue weighted by atomic mass is 127. The van der Waals surface area contributed by atoms with Crippen molar-refractivity contribution in [3.8, 4) is 0 Å². The Kier molecular flexibility index (Phi) is 10.2. The van der Waals surface area contributed by atoms with Gasteiger partial charge in [0, 0.05) is 59.6 Å². The Hall–Kier alpha value is -1.92. The number of nitrogens with one attached hydrogen (secondary N) is 1. The molecule has 10 heteroatoms. The van der Waals surface area contributed by atoms with Gasteiger partial charge in [0.2, 0.25) is 10.0 Å². The van der Waals surface area contributed by atoms with Crippen molar-refractivity contribution in [3.05, 3.63) is 59.8 Å². The summed E-state index contributed by atoms with van der Waals surface area (Å²) in [4.78, 5) is 12.7. The average Bonchev–Trinajstić information content (AvgIpc) is 2.79. The molecular formula is C22H33IN6O2S. The lowest BCUT2D eigenvalue weighted by atomic mass is 10.1. The van der Waals surface area contributed by atoms with Crippen LogP contribution in [0.25, 0.3) is 0 Å². The molecule has 1 N–H and O–H groups in total. The zero-order valence-electron chi connectivity index (χ0n) is 18.9. The molecule has 0 saturated carbocycles. The molecule has 1 aromatic carbocycles. The number of benzene rings is 1. The summed E-state index contributed by atoms with van der Waals surface area (Å²) >= 11 is 0. The fourth-order valence-electron chi connectivity index (χ4n) is 3.58. The van der Waals surface area contributed by atoms with Crippen LogP contribution in [-0.2, 0) is 16.6 Å². The first-order valence-corrected chi connectivity index (χ1v) is 12.1. The minimum atomic E-state index is -3.33. The van der Waals surface area contributed by atoms with E-state index in [9.17, 15) is 8.42 Å². The highest BCUT2D eigenvalue weighted by molar-refractivity contribution is 14.0. The van der Waals surface area contributed by atoms with Crippen LogP contribution in [-0.4, -0.2) is 81.1 Å². The summed E-state index contributed by atoms with van der Waals surface area (Å²) in [6.45, 7) is 5.31. The summed E-state index contributed by atoms with van der Waals surface area (Å²) in [7, 11) is 0.321. The van der Waals surface area contributed by atoms with Gasteiger partial charge in [-0.1, -0.05) is 35.9 Å². The van der Waals surface area contributed by atoms with Crippen LogP contribution in [0.5, 0.6) is 0 Å². The normalized spacial score (nSPS) is 15.2. The largest absolute Gasteiger partial charge is 0.355 e. The van der Waals surface area contributed by atoms with Gasteiger partial charge in [-0.3, -0.25) is 4.99 Å². The number of pyridine rings is 1. The number of nitrogens with zero attached hydrogens (tertiary/aromatic N) is 5. The standard InChI is InChI=1S/C22H32N6O2S.HI/c1-19-7-9-20(10-8-19)18-26(3)22(23-2)25-12-17-31(29,30)28-15-13-27(14-16-28)21-6-4-5-11-24-21;/h4-11H,12-18H2,1-3H3,(H,23,25);1H. The third-order valence-corrected chi connectivity index (χ3v) is 7.23. The van der Waals surface area contributed by atoms with E-state index in [1.807, 2.05) is 30.1 Å². The number of aromatic nitrogens is 1. The SMILES string of the molecule is CN=C(NCCS(=O)(=O)N1CCN(c2ccccn2)CC1)N(C)Cc1ccc(C)cc1.I. The van der Waals surface area contributed by atoms with Gasteiger partial charge < -0.3 is 15.1 Å². The van der Waals surface area contributed by atoms with Gasteiger partial charge in [0.1, 0.15) is 5.82 Å². The number of aryl methyl sites for hydroxylation is 1. The van der Waals surface area contributed by atoms with Crippen molar-refractivity contribution in [2.75, 3.05) is 57.5 Å². The van der Waals surface area contributed by atoms with Crippen molar-refractivity contribution in [2.24, 2.45) is 4.99 Å². The van der Waals surface area contributed by atoms with E-state index in [1.54, 1.807) is 17.5 Å². The highest BCUT2D eigenvalue weighted by Gasteiger charge is 2.27. The minimum Gasteiger partial charge on any atom is -0.355 e. The topological polar surface area (TPSA) is 81.1 Å². The van der Waals surface area contributed by atoms with Gasteiger partial charge in [-0.05, 0) is 24.6 Å². The first-order chi connectivity index (χ1) is 14.9. The van der Waals surface area contributed by atoms with Crippen LogP contribution in [0.3, 0.4) is 0 Å². The van der Waals surface area contributed by atoms with Gasteiger partial charge in [0.15, 0.2) is 5.96 Å². The smallest absolute Gasteiger partial charge is 0.215 e. The first kappa shape index (κ1) is 26.3. The Morgan fingerprint density at radius 1 is 1.12 bits per heavy atom. The number of hydrogen-bond acceptors (Lipinski definition) is 5. The van der Waals surface area contributed by atoms with E-state index in [1.165, 1.54) is 11.1 Å². The van der Waals surface area contributed by atoms with Gasteiger partial charge in [0.25, 0.3) is 0 Å². The molecule has 0 unspecified atom stereocenters. The molecule has 0 amide bonds. The molecule has 3 rings (SSSR count). The molecule has 8 nitrogen and oxygen atoms in total. The molecule has 1 aliphatic rings. The van der Waals surface area contributed by atoms with Crippen LogP contribution < -0.4 is 10.2 Å². The van der Waals surface area contributed by atoms with Crippen LogP contribution in [0.1, 0.15) is 11.1 Å². The van der Waals surface area contributed by atoms with E-state index in [-0.39, 0.29) is 29.7 Å². The van der Waals surface area contributed by atoms with Gasteiger partial charge >= 0.3 is 0 Å². The Balaban J connectivity index is 0.00000363. The van der Waals surface area contributed by atoms with Gasteiger partial charge in [-0.25, -0.2) is 13.4 Å². The van der Waals surface area contributed by atoms with Crippen molar-refractivity contribution in [1.29, 1.82) is 0 Å². The maximum atomic E-state index is 12.8. The number of hydrogen-bond donors (Lipinski definition) is 1. The molecule has 0 spiro atoms. The summed E-state index contributed by atoms with van der Waals surface area (Å²) in [5.41, 5.74) is 2.40. The maximum Gasteiger partial charge on any atom is 0.215 e. The van der Waals surface area contributed by atoms with E-state index >= 15 is 0 Å². The molecule has 2 heterocycles. The van der Waals surface area contributed by atoms with E-state index in [0.717, 1.165) is 5.82 Å². The zero-order chi connectivity index (χ0) is 22.3. The lowest BCUT2D eigenvalue weighted by Crippen LogP contribution is -2.50. The summed E-state index contributed by atoms with van der Waals surface area (Å²) in [6.07, 6.45) is 1.76. The number of sulfonamides is 1. The van der Waals surface area contributed by atoms with E-state index in [2.05, 4.69) is 51.4 Å². The molecular weight excluding hydrogens is 539 g/mol. The van der Waals surface area contributed by atoms with Gasteiger partial charge in [0.05, 0.1) is 5.75 Å². The predicted molar refractivity (Wildman–Crippen MR) is 141 cm³/mol. The number of rotatable bonds is 7. The number of guanidine groups is 1. The lowest BCUT2D eigenvalue weighted by Gasteiger charge is -2.34. The fourth-order valence-corrected chi connectivity index (χ4v) is 4.92. The summed E-state index contributed by atoms with van der Waals surface area (Å²) in [6, 6.07) is 14.1. The van der Waals surface area contributed by atoms with Gasteiger partial charge in [-0.2, -0.15) is 4.31 Å². The Labute approximate surface area is 208 Å². The second kappa shape index (κ2) is 12.4. The van der Waals surface area contributed by atoms with Crippen LogP contribution in [0.15, 0.2) is 53.7 Å². The third kappa shape index (κ3) is 7.31. The molecule has 0 bridgehead atoms. The highest BCUT2D eigenvalue weighted by Crippen LogP contribution is 2.14. The van der Waals surface area contributed by atoms with Gasteiger partial charge in [-0.15, -0.1) is 24.0 Å². The van der Waals surface area contributed by atoms with Crippen LogP contribution in [0, 0.1) is 6.92 Å². The molecule has 0 atom stereocenters. The predicted octanol–water partition coefficient (Wildman–Crippen LogP) is 2.17. The average molecular weight is 573 g/mol. The van der Waals surface area contributed by atoms with E-state index in [4.69, 9.17) is 0 Å². The maximum absolute atomic E-state index is 12.8. The zero-order valence-corrected chi connectivity index (χ0v) is 22.1. The Morgan fingerprint density at radius 2 is 1.81 bits per heavy atom. The van der Waals surface area contributed by atoms with Crippen LogP contribution in [0.2, 0.25) is 0 Å². The first-order valence-electron chi connectivity index (χ1n) is 10.5. The second-order valence-electron chi connectivity index (χ2n) is 7.71. The van der Waals surface area contributed by atoms with Crippen molar-refractivity contribution < 1.29 is 8.42 Å². The molecule has 1 saturated heterocycles. The summed E-state index contributed by atoms with van der Waals surface area (Å²) < 4.78 is 27.2. The summed E-state index contributed by atoms with van der Waals surface area (Å²) in [5.74, 6) is 1.60. The molecule has 1 aromatic heterocycles. The van der Waals surface area contributed by atoms with Crippen LogP contribution >= 0.6 is 24.0 Å². The summed E-state index contributed by atoms with van der Waals surface area (Å²) in [5, 5.41) is 3.18. The quantitative estimate of drug-likeness (QED) is 0.311. The molecule has 32 heavy (non-hydrogen) atoms. The van der Waals surface area contributed by atoms with E-state index in [0.29, 0.717) is 45.2 Å². The third-order valence-electron chi connectivity index (χ3n) is 5.36. The van der Waals surface area contributed by atoms with Crippen molar-refractivity contribution >= 4 is 45.8 Å². The molecule has 1 aliphatic heterocycles. The molecule has 1 fully saturated rings. The molecule has 0 aliphatic carbocycles. The lowest BCUT2D eigenvalue weighted by molar-refractivity contribution is 0.383. The van der Waals surface area contributed by atoms with Crippen LogP contribution in [0.4, 0.5) is 5.82 Å². The monoisotopic (exact) mass is 572 g/mol.